The number of amides is 2. The van der Waals surface area contributed by atoms with E-state index in [4.69, 9.17) is 5.26 Å². The number of pyridine rings is 1. The molecule has 0 saturated carbocycles. The summed E-state index contributed by atoms with van der Waals surface area (Å²) >= 11 is 0. The lowest BCUT2D eigenvalue weighted by atomic mass is 9.90. The zero-order valence-electron chi connectivity index (χ0n) is 14.8. The molecule has 5 heteroatoms. The van der Waals surface area contributed by atoms with E-state index in [-0.39, 0.29) is 12.1 Å². The van der Waals surface area contributed by atoms with Gasteiger partial charge in [0.05, 0.1) is 12.1 Å². The Labute approximate surface area is 154 Å². The highest BCUT2D eigenvalue weighted by molar-refractivity contribution is 5.74. The fourth-order valence-corrected chi connectivity index (χ4v) is 3.51. The lowest BCUT2D eigenvalue weighted by Crippen LogP contribution is -2.45. The number of benzene rings is 1. The summed E-state index contributed by atoms with van der Waals surface area (Å²) in [4.78, 5) is 18.7. The highest BCUT2D eigenvalue weighted by Crippen LogP contribution is 2.28. The van der Waals surface area contributed by atoms with Crippen molar-refractivity contribution in [1.29, 1.82) is 5.26 Å². The summed E-state index contributed by atoms with van der Waals surface area (Å²) in [6, 6.07) is 16.0. The molecule has 1 fully saturated rings. The summed E-state index contributed by atoms with van der Waals surface area (Å²) in [6.45, 7) is 1.50. The maximum absolute atomic E-state index is 12.7. The van der Waals surface area contributed by atoms with Crippen molar-refractivity contribution in [3.63, 3.8) is 0 Å². The summed E-state index contributed by atoms with van der Waals surface area (Å²) in [6.07, 6.45) is 6.63. The Kier molecular flexibility index (Phi) is 6.21. The van der Waals surface area contributed by atoms with Gasteiger partial charge in [0.1, 0.15) is 0 Å². The van der Waals surface area contributed by atoms with Crippen LogP contribution >= 0.6 is 0 Å². The number of hydrogen-bond donors (Lipinski definition) is 1. The Hall–Kier alpha value is -2.87. The highest BCUT2D eigenvalue weighted by Gasteiger charge is 2.25. The van der Waals surface area contributed by atoms with Gasteiger partial charge in [-0.05, 0) is 48.4 Å². The largest absolute Gasteiger partial charge is 0.331 e. The average Bonchev–Trinajstić information content (AvgIpc) is 2.72. The number of nitrogens with one attached hydrogen (secondary N) is 1. The summed E-state index contributed by atoms with van der Waals surface area (Å²) in [5, 5.41) is 12.0. The minimum atomic E-state index is -0.124. The number of hydrogen-bond acceptors (Lipinski definition) is 3. The lowest BCUT2D eigenvalue weighted by Gasteiger charge is -2.33. The first-order valence-electron chi connectivity index (χ1n) is 9.15. The molecule has 3 rings (SSSR count). The van der Waals surface area contributed by atoms with Crippen molar-refractivity contribution in [2.45, 2.75) is 37.6 Å². The van der Waals surface area contributed by atoms with Gasteiger partial charge in [-0.25, -0.2) is 4.79 Å². The second-order valence-corrected chi connectivity index (χ2v) is 6.65. The van der Waals surface area contributed by atoms with E-state index >= 15 is 0 Å². The molecule has 2 amide bonds. The quantitative estimate of drug-likeness (QED) is 0.887. The molecule has 0 unspecified atom stereocenters. The topological polar surface area (TPSA) is 69.0 Å². The minimum Gasteiger partial charge on any atom is -0.331 e. The van der Waals surface area contributed by atoms with Crippen LogP contribution in [0.2, 0.25) is 0 Å². The third kappa shape index (κ3) is 4.60. The van der Waals surface area contributed by atoms with Gasteiger partial charge in [0.15, 0.2) is 0 Å². The van der Waals surface area contributed by atoms with Crippen LogP contribution in [0.3, 0.4) is 0 Å². The van der Waals surface area contributed by atoms with Gasteiger partial charge in [0, 0.05) is 31.9 Å². The molecule has 0 bridgehead atoms. The van der Waals surface area contributed by atoms with E-state index in [0.717, 1.165) is 31.5 Å². The Balaban J connectivity index is 1.58. The molecule has 26 heavy (non-hydrogen) atoms. The van der Waals surface area contributed by atoms with Crippen molar-refractivity contribution in [2.75, 3.05) is 13.1 Å². The van der Waals surface area contributed by atoms with Crippen LogP contribution in [-0.2, 0) is 0 Å². The standard InChI is InChI=1S/C21H24N4O/c22-12-4-7-20(19-5-2-1-3-6-19)24-21(26)25-15-10-18(11-16-25)17-8-13-23-14-9-17/h1-3,5-6,8-9,13-14,18,20H,4,7,10-11,15-16H2,(H,24,26)/t20-/m1/s1. The van der Waals surface area contributed by atoms with Crippen LogP contribution < -0.4 is 5.32 Å². The molecule has 1 aromatic heterocycles. The number of rotatable bonds is 5. The van der Waals surface area contributed by atoms with Crippen molar-refractivity contribution < 1.29 is 4.79 Å². The molecule has 1 aliphatic heterocycles. The van der Waals surface area contributed by atoms with Crippen LogP contribution in [0.15, 0.2) is 54.9 Å². The average molecular weight is 348 g/mol. The van der Waals surface area contributed by atoms with Gasteiger partial charge >= 0.3 is 6.03 Å². The van der Waals surface area contributed by atoms with E-state index in [1.54, 1.807) is 0 Å². The van der Waals surface area contributed by atoms with Crippen LogP contribution in [0.4, 0.5) is 4.79 Å². The van der Waals surface area contributed by atoms with Gasteiger partial charge < -0.3 is 10.2 Å². The summed E-state index contributed by atoms with van der Waals surface area (Å²) < 4.78 is 0. The number of nitrogens with zero attached hydrogens (tertiary/aromatic N) is 3. The van der Waals surface area contributed by atoms with Crippen molar-refractivity contribution in [3.05, 3.63) is 66.0 Å². The molecule has 1 aromatic carbocycles. The number of nitriles is 1. The molecular formula is C21H24N4O. The van der Waals surface area contributed by atoms with E-state index in [2.05, 4.69) is 28.5 Å². The third-order valence-electron chi connectivity index (χ3n) is 5.00. The van der Waals surface area contributed by atoms with E-state index in [9.17, 15) is 4.79 Å². The van der Waals surface area contributed by atoms with Crippen LogP contribution in [0.25, 0.3) is 0 Å². The Bertz CT molecular complexity index is 734. The van der Waals surface area contributed by atoms with Crippen LogP contribution in [-0.4, -0.2) is 29.0 Å². The van der Waals surface area contributed by atoms with Crippen LogP contribution in [0.1, 0.15) is 48.8 Å². The summed E-state index contributed by atoms with van der Waals surface area (Å²) in [5.74, 6) is 0.491. The predicted molar refractivity (Wildman–Crippen MR) is 100 cm³/mol. The number of likely N-dealkylation sites (tertiary alicyclic amines) is 1. The normalized spacial score (nSPS) is 15.9. The smallest absolute Gasteiger partial charge is 0.317 e. The predicted octanol–water partition coefficient (Wildman–Crippen LogP) is 4.02. The first kappa shape index (κ1) is 17.9. The lowest BCUT2D eigenvalue weighted by molar-refractivity contribution is 0.177. The van der Waals surface area contributed by atoms with Crippen molar-refractivity contribution in [3.8, 4) is 6.07 Å². The number of carbonyl (C=O) groups excluding carboxylic acids is 1. The first-order valence-corrected chi connectivity index (χ1v) is 9.15. The van der Waals surface area contributed by atoms with E-state index < -0.39 is 0 Å². The van der Waals surface area contributed by atoms with E-state index in [0.29, 0.717) is 18.8 Å². The number of urea groups is 1. The first-order chi connectivity index (χ1) is 12.8. The molecule has 5 nitrogen and oxygen atoms in total. The molecule has 134 valence electrons. The molecule has 0 radical (unpaired) electrons. The molecule has 1 N–H and O–H groups in total. The van der Waals surface area contributed by atoms with Crippen molar-refractivity contribution in [1.82, 2.24) is 15.2 Å². The summed E-state index contributed by atoms with van der Waals surface area (Å²) in [5.41, 5.74) is 2.35. The number of carbonyl (C=O) groups is 1. The number of aromatic nitrogens is 1. The van der Waals surface area contributed by atoms with Crippen LogP contribution in [0, 0.1) is 11.3 Å². The van der Waals surface area contributed by atoms with Crippen molar-refractivity contribution >= 4 is 6.03 Å². The molecule has 2 aromatic rings. The minimum absolute atomic E-state index is 0.0371. The fourth-order valence-electron chi connectivity index (χ4n) is 3.51. The highest BCUT2D eigenvalue weighted by atomic mass is 16.2. The van der Waals surface area contributed by atoms with Gasteiger partial charge in [0.2, 0.25) is 0 Å². The van der Waals surface area contributed by atoms with Gasteiger partial charge in [0.25, 0.3) is 0 Å². The monoisotopic (exact) mass is 348 g/mol. The second-order valence-electron chi connectivity index (χ2n) is 6.65. The molecule has 0 spiro atoms. The SMILES string of the molecule is N#CCC[C@@H](NC(=O)N1CCC(c2ccncc2)CC1)c1ccccc1. The van der Waals surface area contributed by atoms with Crippen LogP contribution in [0.5, 0.6) is 0 Å². The third-order valence-corrected chi connectivity index (χ3v) is 5.00. The maximum atomic E-state index is 12.7. The Morgan fingerprint density at radius 3 is 2.54 bits per heavy atom. The Morgan fingerprint density at radius 2 is 1.88 bits per heavy atom. The molecular weight excluding hydrogens is 324 g/mol. The molecule has 1 aliphatic rings. The van der Waals surface area contributed by atoms with Crippen molar-refractivity contribution in [2.24, 2.45) is 0 Å². The zero-order chi connectivity index (χ0) is 18.2. The van der Waals surface area contributed by atoms with Gasteiger partial charge in [-0.3, -0.25) is 4.98 Å². The molecule has 0 aliphatic carbocycles. The van der Waals surface area contributed by atoms with Gasteiger partial charge in [-0.15, -0.1) is 0 Å². The summed E-state index contributed by atoms with van der Waals surface area (Å²) in [7, 11) is 0. The van der Waals surface area contributed by atoms with E-state index in [1.807, 2.05) is 47.6 Å². The van der Waals surface area contributed by atoms with Gasteiger partial charge in [-0.1, -0.05) is 30.3 Å². The number of piperidine rings is 1. The second kappa shape index (κ2) is 9.00. The maximum Gasteiger partial charge on any atom is 0.317 e. The molecule has 2 heterocycles. The fraction of sp³-hybridized carbons (Fsp3) is 0.381. The van der Waals surface area contributed by atoms with E-state index in [1.165, 1.54) is 5.56 Å². The Morgan fingerprint density at radius 1 is 1.19 bits per heavy atom. The molecule has 1 saturated heterocycles. The zero-order valence-corrected chi connectivity index (χ0v) is 14.8. The van der Waals surface area contributed by atoms with Gasteiger partial charge in [-0.2, -0.15) is 5.26 Å². The molecule has 1 atom stereocenters.